The fourth-order valence-electron chi connectivity index (χ4n) is 5.75. The van der Waals surface area contributed by atoms with Crippen LogP contribution in [0.5, 0.6) is 5.75 Å². The Labute approximate surface area is 215 Å². The number of fused-ring (bicyclic) bond motifs is 2. The van der Waals surface area contributed by atoms with E-state index in [1.54, 1.807) is 18.2 Å². The van der Waals surface area contributed by atoms with Crippen molar-refractivity contribution in [3.8, 4) is 5.75 Å². The molecule has 0 aromatic heterocycles. The molecule has 2 fully saturated rings. The van der Waals surface area contributed by atoms with Crippen LogP contribution < -0.4 is 15.0 Å². The second kappa shape index (κ2) is 9.33. The average Bonchev–Trinajstić information content (AvgIpc) is 3.62. The van der Waals surface area contributed by atoms with Gasteiger partial charge in [-0.05, 0) is 67.5 Å². The quantitative estimate of drug-likeness (QED) is 0.465. The number of carboxylic acid groups (broad SMARTS) is 1. The van der Waals surface area contributed by atoms with Gasteiger partial charge in [0.15, 0.2) is 0 Å². The van der Waals surface area contributed by atoms with E-state index in [-0.39, 0.29) is 23.9 Å². The second-order valence-electron chi connectivity index (χ2n) is 9.81. The van der Waals surface area contributed by atoms with Gasteiger partial charge in [-0.15, -0.1) is 13.2 Å². The van der Waals surface area contributed by atoms with Crippen LogP contribution in [0.1, 0.15) is 53.9 Å². The number of rotatable bonds is 8. The van der Waals surface area contributed by atoms with Crippen LogP contribution in [0, 0.1) is 5.92 Å². The van der Waals surface area contributed by atoms with Crippen LogP contribution in [0.4, 0.5) is 18.9 Å². The third-order valence-electron chi connectivity index (χ3n) is 7.53. The number of hydrogen-bond donors (Lipinski definition) is 2. The number of carbonyl (C=O) groups is 3. The van der Waals surface area contributed by atoms with Crippen molar-refractivity contribution in [3.63, 3.8) is 0 Å². The highest BCUT2D eigenvalue weighted by Crippen LogP contribution is 2.56. The summed E-state index contributed by atoms with van der Waals surface area (Å²) in [5, 5.41) is 14.0. The van der Waals surface area contributed by atoms with Gasteiger partial charge in [0.1, 0.15) is 17.6 Å². The van der Waals surface area contributed by atoms with Gasteiger partial charge in [-0.25, -0.2) is 0 Å². The molecule has 11 heteroatoms. The molecule has 37 heavy (non-hydrogen) atoms. The number of nitrogens with one attached hydrogen (secondary N) is 1. The van der Waals surface area contributed by atoms with Crippen LogP contribution in [0.2, 0.25) is 5.02 Å². The highest BCUT2D eigenvalue weighted by atomic mass is 35.5. The average molecular weight is 537 g/mol. The Hall–Kier alpha value is -3.11. The van der Waals surface area contributed by atoms with Crippen molar-refractivity contribution in [1.29, 1.82) is 0 Å². The zero-order chi connectivity index (χ0) is 26.5. The molecule has 196 valence electrons. The van der Waals surface area contributed by atoms with Crippen LogP contribution in [-0.2, 0) is 9.59 Å². The molecule has 2 N–H and O–H groups in total. The smallest absolute Gasteiger partial charge is 0.480 e. The Balaban J connectivity index is 1.60. The third kappa shape index (κ3) is 4.68. The molecule has 5 rings (SSSR count). The lowest BCUT2D eigenvalue weighted by Crippen LogP contribution is -2.66. The van der Waals surface area contributed by atoms with Gasteiger partial charge < -0.3 is 19.5 Å². The van der Waals surface area contributed by atoms with Gasteiger partial charge in [0, 0.05) is 40.7 Å². The Bertz CT molecular complexity index is 1250. The molecule has 0 saturated heterocycles. The number of carboxylic acids is 1. The van der Waals surface area contributed by atoms with Crippen LogP contribution >= 0.6 is 11.6 Å². The van der Waals surface area contributed by atoms with E-state index < -0.39 is 41.5 Å². The number of benzene rings is 2. The summed E-state index contributed by atoms with van der Waals surface area (Å²) >= 11 is 6.30. The maximum absolute atomic E-state index is 13.7. The highest BCUT2D eigenvalue weighted by Gasteiger charge is 2.59. The molecule has 1 aliphatic heterocycles. The highest BCUT2D eigenvalue weighted by molar-refractivity contribution is 6.31. The van der Waals surface area contributed by atoms with E-state index in [4.69, 9.17) is 11.6 Å². The van der Waals surface area contributed by atoms with Crippen LogP contribution in [0.15, 0.2) is 42.5 Å². The lowest BCUT2D eigenvalue weighted by molar-refractivity contribution is -0.274. The zero-order valence-electron chi connectivity index (χ0n) is 19.5. The predicted octanol–water partition coefficient (Wildman–Crippen LogP) is 4.93. The number of halogens is 4. The van der Waals surface area contributed by atoms with Crippen molar-refractivity contribution < 1.29 is 37.4 Å². The van der Waals surface area contributed by atoms with Crippen molar-refractivity contribution in [1.82, 2.24) is 5.32 Å². The molecular formula is C26H24ClF3N2O5. The maximum Gasteiger partial charge on any atom is 0.573 e. The number of anilines is 1. The van der Waals surface area contributed by atoms with Gasteiger partial charge in [-0.3, -0.25) is 14.9 Å². The molecule has 2 saturated carbocycles. The summed E-state index contributed by atoms with van der Waals surface area (Å²) in [5.74, 6) is -3.11. The number of amides is 1. The SMILES string of the molecule is O=CCC(NC1CC1)(C(=O)O)C1c2ccc(Cl)cc2N(C(=O)c2cccc(OC(F)(F)F)c2)[C@@H]2CC[C@H]12. The van der Waals surface area contributed by atoms with E-state index >= 15 is 0 Å². The topological polar surface area (TPSA) is 95.9 Å². The molecule has 0 radical (unpaired) electrons. The third-order valence-corrected chi connectivity index (χ3v) is 7.76. The zero-order valence-corrected chi connectivity index (χ0v) is 20.3. The van der Waals surface area contributed by atoms with E-state index in [9.17, 15) is 32.7 Å². The number of nitrogens with zero attached hydrogens (tertiary/aromatic N) is 1. The van der Waals surface area contributed by atoms with Crippen LogP contribution in [-0.4, -0.2) is 47.3 Å². The Kier molecular flexibility index (Phi) is 6.44. The Morgan fingerprint density at radius 1 is 1.14 bits per heavy atom. The summed E-state index contributed by atoms with van der Waals surface area (Å²) < 4.78 is 42.3. The molecule has 1 heterocycles. The van der Waals surface area contributed by atoms with Crippen molar-refractivity contribution in [3.05, 3.63) is 58.6 Å². The standard InChI is InChI=1S/C26H24ClF3N2O5/c27-15-4-7-19-21(13-15)32(23(34)14-2-1-3-17(12-14)37-26(28,29)30)20-9-8-18(20)22(19)25(10-11-33,24(35)36)31-16-5-6-16/h1-4,7,11-13,16,18,20,22,31H,5-6,8-10H2,(H,35,36)/t18-,20+,22?,25?/m0/s1. The molecule has 7 nitrogen and oxygen atoms in total. The molecule has 0 spiro atoms. The van der Waals surface area contributed by atoms with Crippen molar-refractivity contribution in [2.24, 2.45) is 5.92 Å². The summed E-state index contributed by atoms with van der Waals surface area (Å²) in [7, 11) is 0. The van der Waals surface area contributed by atoms with E-state index in [2.05, 4.69) is 10.1 Å². The molecule has 4 atom stereocenters. The Morgan fingerprint density at radius 2 is 1.89 bits per heavy atom. The molecule has 0 bridgehead atoms. The van der Waals surface area contributed by atoms with E-state index in [0.29, 0.717) is 35.4 Å². The van der Waals surface area contributed by atoms with Crippen molar-refractivity contribution in [2.45, 2.75) is 62.0 Å². The number of carbonyl (C=O) groups excluding carboxylic acids is 2. The van der Waals surface area contributed by atoms with E-state index in [1.807, 2.05) is 0 Å². The summed E-state index contributed by atoms with van der Waals surface area (Å²) in [6.07, 6.45) is -1.74. The summed E-state index contributed by atoms with van der Waals surface area (Å²) in [6, 6.07) is 9.27. The first-order chi connectivity index (χ1) is 17.5. The van der Waals surface area contributed by atoms with Gasteiger partial charge >= 0.3 is 12.3 Å². The first-order valence-corrected chi connectivity index (χ1v) is 12.4. The lowest BCUT2D eigenvalue weighted by atomic mass is 9.58. The molecule has 2 aromatic rings. The Morgan fingerprint density at radius 3 is 2.49 bits per heavy atom. The molecule has 2 aromatic carbocycles. The monoisotopic (exact) mass is 536 g/mol. The number of alkyl halides is 3. The van der Waals surface area contributed by atoms with E-state index in [0.717, 1.165) is 25.0 Å². The summed E-state index contributed by atoms with van der Waals surface area (Å²) in [6.45, 7) is 0. The lowest BCUT2D eigenvalue weighted by Gasteiger charge is -2.56. The molecule has 3 aliphatic rings. The normalized spacial score (nSPS) is 24.2. The van der Waals surface area contributed by atoms with Crippen molar-refractivity contribution in [2.75, 3.05) is 4.90 Å². The molecular weight excluding hydrogens is 513 g/mol. The number of aldehydes is 1. The number of hydrogen-bond acceptors (Lipinski definition) is 5. The largest absolute Gasteiger partial charge is 0.573 e. The summed E-state index contributed by atoms with van der Waals surface area (Å²) in [5.41, 5.74) is -0.631. The molecule has 1 amide bonds. The summed E-state index contributed by atoms with van der Waals surface area (Å²) in [4.78, 5) is 39.8. The minimum atomic E-state index is -4.91. The van der Waals surface area contributed by atoms with Crippen LogP contribution in [0.25, 0.3) is 0 Å². The van der Waals surface area contributed by atoms with Gasteiger partial charge in [0.05, 0.1) is 0 Å². The second-order valence-corrected chi connectivity index (χ2v) is 10.2. The van der Waals surface area contributed by atoms with Gasteiger partial charge in [-0.1, -0.05) is 23.7 Å². The van der Waals surface area contributed by atoms with E-state index in [1.165, 1.54) is 17.0 Å². The molecule has 2 unspecified atom stereocenters. The van der Waals surface area contributed by atoms with Gasteiger partial charge in [-0.2, -0.15) is 0 Å². The number of ether oxygens (including phenoxy) is 1. The minimum Gasteiger partial charge on any atom is -0.480 e. The first-order valence-electron chi connectivity index (χ1n) is 12.0. The van der Waals surface area contributed by atoms with Crippen LogP contribution in [0.3, 0.4) is 0 Å². The van der Waals surface area contributed by atoms with Gasteiger partial charge in [0.25, 0.3) is 5.91 Å². The molecule has 2 aliphatic carbocycles. The van der Waals surface area contributed by atoms with Gasteiger partial charge in [0.2, 0.25) is 0 Å². The minimum absolute atomic E-state index is 0.00901. The first kappa shape index (κ1) is 25.5. The fourth-order valence-corrected chi connectivity index (χ4v) is 5.92. The van der Waals surface area contributed by atoms with Crippen molar-refractivity contribution >= 4 is 35.5 Å². The number of aliphatic carboxylic acids is 1. The fraction of sp³-hybridized carbons (Fsp3) is 0.423. The maximum atomic E-state index is 13.7. The predicted molar refractivity (Wildman–Crippen MR) is 128 cm³/mol.